The van der Waals surface area contributed by atoms with Crippen LogP contribution in [-0.4, -0.2) is 70.9 Å². The minimum Gasteiger partial charge on any atom is -0.347 e. The first kappa shape index (κ1) is 35.1. The van der Waals surface area contributed by atoms with E-state index >= 15 is 0 Å². The van der Waals surface area contributed by atoms with Crippen LogP contribution in [0.2, 0.25) is 5.02 Å². The van der Waals surface area contributed by atoms with Gasteiger partial charge in [-0.25, -0.2) is 13.1 Å². The van der Waals surface area contributed by atoms with Crippen LogP contribution in [0.1, 0.15) is 66.6 Å². The van der Waals surface area contributed by atoms with Gasteiger partial charge in [0.2, 0.25) is 15.9 Å². The summed E-state index contributed by atoms with van der Waals surface area (Å²) >= 11 is 6.97. The number of nitrogens with one attached hydrogen (secondary N) is 3. The summed E-state index contributed by atoms with van der Waals surface area (Å²) < 4.78 is 28.2. The molecule has 0 aliphatic carbocycles. The molecule has 13 heteroatoms. The fourth-order valence-corrected chi connectivity index (χ4v) is 6.57. The Hall–Kier alpha value is -2.06. The van der Waals surface area contributed by atoms with E-state index in [0.717, 1.165) is 68.0 Å². The van der Waals surface area contributed by atoms with E-state index < -0.39 is 10.0 Å². The number of carbonyl (C=O) groups is 2. The Balaban J connectivity index is 1.66. The van der Waals surface area contributed by atoms with Crippen LogP contribution in [0.5, 0.6) is 0 Å². The number of nitrogens with zero attached hydrogens (tertiary/aromatic N) is 1. The first-order chi connectivity index (χ1) is 19.8. The first-order valence-electron chi connectivity index (χ1n) is 14.3. The monoisotopic (exact) mass is 628 g/mol. The lowest BCUT2D eigenvalue weighted by Crippen LogP contribution is -2.34. The highest BCUT2D eigenvalue weighted by atomic mass is 35.5. The van der Waals surface area contributed by atoms with Crippen LogP contribution < -0.4 is 26.8 Å². The molecule has 0 bridgehead atoms. The molecule has 0 saturated heterocycles. The van der Waals surface area contributed by atoms with E-state index in [1.807, 2.05) is 4.90 Å². The van der Waals surface area contributed by atoms with Crippen molar-refractivity contribution in [2.75, 3.05) is 45.8 Å². The number of sulfonamides is 1. The standard InChI is InChI=1S/C28H45ClN6O4S2/c29-24-11-9-23(10-12-24)28(37)33-22-25-13-14-27(40-25)41(38,39)34-19-3-1-2-8-26(36)35(21-7-16-31)20-5-4-17-32-18-6-15-30/h9-14,32,34H,1-8,15-22,30-31H2,(H,33,37). The number of hydrogen-bond donors (Lipinski definition) is 5. The Labute approximate surface area is 253 Å². The van der Waals surface area contributed by atoms with Crippen molar-refractivity contribution in [2.24, 2.45) is 11.5 Å². The molecule has 41 heavy (non-hydrogen) atoms. The molecule has 0 aliphatic heterocycles. The highest BCUT2D eigenvalue weighted by Crippen LogP contribution is 2.21. The van der Waals surface area contributed by atoms with E-state index in [9.17, 15) is 18.0 Å². The van der Waals surface area contributed by atoms with Gasteiger partial charge in [0.25, 0.3) is 5.91 Å². The lowest BCUT2D eigenvalue weighted by atomic mass is 10.1. The topological polar surface area (TPSA) is 160 Å². The molecule has 1 aromatic carbocycles. The van der Waals surface area contributed by atoms with Gasteiger partial charge in [0.1, 0.15) is 4.21 Å². The smallest absolute Gasteiger partial charge is 0.251 e. The van der Waals surface area contributed by atoms with Gasteiger partial charge in [-0.1, -0.05) is 18.0 Å². The molecule has 2 aromatic rings. The molecule has 230 valence electrons. The molecule has 2 rings (SSSR count). The summed E-state index contributed by atoms with van der Waals surface area (Å²) in [6, 6.07) is 9.78. The van der Waals surface area contributed by atoms with E-state index in [2.05, 4.69) is 15.4 Å². The Morgan fingerprint density at radius 1 is 0.829 bits per heavy atom. The Morgan fingerprint density at radius 3 is 2.24 bits per heavy atom. The molecule has 1 aromatic heterocycles. The maximum absolute atomic E-state index is 12.7. The second-order valence-electron chi connectivity index (χ2n) is 9.74. The minimum absolute atomic E-state index is 0.129. The van der Waals surface area contributed by atoms with Crippen molar-refractivity contribution < 1.29 is 18.0 Å². The summed E-state index contributed by atoms with van der Waals surface area (Å²) in [6.07, 6.45) is 6.22. The summed E-state index contributed by atoms with van der Waals surface area (Å²) in [4.78, 5) is 27.6. The van der Waals surface area contributed by atoms with Crippen molar-refractivity contribution in [1.82, 2.24) is 20.3 Å². The van der Waals surface area contributed by atoms with Gasteiger partial charge in [-0.15, -0.1) is 11.3 Å². The quantitative estimate of drug-likeness (QED) is 0.125. The minimum atomic E-state index is -3.64. The van der Waals surface area contributed by atoms with Crippen molar-refractivity contribution in [3.63, 3.8) is 0 Å². The van der Waals surface area contributed by atoms with Crippen molar-refractivity contribution in [1.29, 1.82) is 0 Å². The molecule has 10 nitrogen and oxygen atoms in total. The number of amides is 2. The predicted molar refractivity (Wildman–Crippen MR) is 167 cm³/mol. The van der Waals surface area contributed by atoms with Gasteiger partial charge in [0, 0.05) is 41.5 Å². The number of halogens is 1. The van der Waals surface area contributed by atoms with Gasteiger partial charge < -0.3 is 27.0 Å². The maximum atomic E-state index is 12.7. The summed E-state index contributed by atoms with van der Waals surface area (Å²) in [5.41, 5.74) is 11.6. The summed E-state index contributed by atoms with van der Waals surface area (Å²) in [6.45, 7) is 4.99. The molecular weight excluding hydrogens is 584 g/mol. The van der Waals surface area contributed by atoms with Crippen molar-refractivity contribution in [3.8, 4) is 0 Å². The molecule has 7 N–H and O–H groups in total. The Kier molecular flexibility index (Phi) is 17.1. The normalized spacial score (nSPS) is 11.5. The molecule has 0 saturated carbocycles. The van der Waals surface area contributed by atoms with E-state index in [1.54, 1.807) is 36.4 Å². The second kappa shape index (κ2) is 20.0. The van der Waals surface area contributed by atoms with Crippen molar-refractivity contribution in [3.05, 3.63) is 51.9 Å². The van der Waals surface area contributed by atoms with E-state index in [-0.39, 0.29) is 22.6 Å². The van der Waals surface area contributed by atoms with Crippen LogP contribution >= 0.6 is 22.9 Å². The van der Waals surface area contributed by atoms with Gasteiger partial charge in [-0.3, -0.25) is 9.59 Å². The first-order valence-corrected chi connectivity index (χ1v) is 17.0. The second-order valence-corrected chi connectivity index (χ2v) is 13.3. The average molecular weight is 629 g/mol. The molecule has 0 unspecified atom stereocenters. The van der Waals surface area contributed by atoms with E-state index in [1.165, 1.54) is 0 Å². The average Bonchev–Trinajstić information content (AvgIpc) is 3.45. The predicted octanol–water partition coefficient (Wildman–Crippen LogP) is 3.07. The maximum Gasteiger partial charge on any atom is 0.251 e. The zero-order chi connectivity index (χ0) is 29.9. The molecule has 0 aliphatic rings. The molecular formula is C28H45ClN6O4S2. The number of carbonyl (C=O) groups excluding carboxylic acids is 2. The number of benzene rings is 1. The number of hydrogen-bond acceptors (Lipinski definition) is 8. The number of thiophene rings is 1. The number of nitrogens with two attached hydrogens (primary N) is 2. The van der Waals surface area contributed by atoms with Gasteiger partial charge in [-0.2, -0.15) is 0 Å². The zero-order valence-electron chi connectivity index (χ0n) is 23.7. The third kappa shape index (κ3) is 14.1. The zero-order valence-corrected chi connectivity index (χ0v) is 26.1. The fourth-order valence-electron chi connectivity index (χ4n) is 4.03. The van der Waals surface area contributed by atoms with Gasteiger partial charge in [0.05, 0.1) is 6.54 Å². The van der Waals surface area contributed by atoms with Crippen LogP contribution in [0.15, 0.2) is 40.6 Å². The van der Waals surface area contributed by atoms with Crippen molar-refractivity contribution in [2.45, 2.75) is 62.1 Å². The van der Waals surface area contributed by atoms with Crippen LogP contribution in [0.3, 0.4) is 0 Å². The van der Waals surface area contributed by atoms with E-state index in [0.29, 0.717) is 56.0 Å². The summed E-state index contributed by atoms with van der Waals surface area (Å²) in [7, 11) is -3.64. The fraction of sp³-hybridized carbons (Fsp3) is 0.571. The van der Waals surface area contributed by atoms with E-state index in [4.69, 9.17) is 23.1 Å². The van der Waals surface area contributed by atoms with Crippen LogP contribution in [-0.2, 0) is 21.4 Å². The lowest BCUT2D eigenvalue weighted by Gasteiger charge is -2.22. The Bertz CT molecular complexity index is 1140. The van der Waals surface area contributed by atoms with Crippen LogP contribution in [0.4, 0.5) is 0 Å². The molecule has 0 atom stereocenters. The SMILES string of the molecule is NCCCNCCCCN(CCCN)C(=O)CCCCCNS(=O)(=O)c1ccc(CNC(=O)c2ccc(Cl)cc2)s1. The van der Waals surface area contributed by atoms with Crippen LogP contribution in [0.25, 0.3) is 0 Å². The third-order valence-electron chi connectivity index (χ3n) is 6.37. The van der Waals surface area contributed by atoms with Crippen LogP contribution in [0, 0.1) is 0 Å². The summed E-state index contributed by atoms with van der Waals surface area (Å²) in [5, 5.41) is 6.69. The van der Waals surface area contributed by atoms with Gasteiger partial charge in [-0.05, 0) is 101 Å². The number of unbranched alkanes of at least 4 members (excludes halogenated alkanes) is 3. The Morgan fingerprint density at radius 2 is 1.51 bits per heavy atom. The largest absolute Gasteiger partial charge is 0.347 e. The summed E-state index contributed by atoms with van der Waals surface area (Å²) in [5.74, 6) is -0.130. The molecule has 1 heterocycles. The van der Waals surface area contributed by atoms with Crippen molar-refractivity contribution >= 4 is 44.8 Å². The third-order valence-corrected chi connectivity index (χ3v) is 9.66. The highest BCUT2D eigenvalue weighted by Gasteiger charge is 2.17. The van der Waals surface area contributed by atoms with Gasteiger partial charge >= 0.3 is 0 Å². The highest BCUT2D eigenvalue weighted by molar-refractivity contribution is 7.91. The number of rotatable bonds is 22. The molecule has 2 amide bonds. The van der Waals surface area contributed by atoms with Gasteiger partial charge in [0.15, 0.2) is 0 Å². The lowest BCUT2D eigenvalue weighted by molar-refractivity contribution is -0.131. The molecule has 0 radical (unpaired) electrons. The molecule has 0 spiro atoms. The molecule has 0 fully saturated rings.